The number of nitrogens with one attached hydrogen (secondary N) is 2. The largest absolute Gasteiger partial charge is 0.358 e. The Hall–Kier alpha value is -2.98. The van der Waals surface area contributed by atoms with Crippen LogP contribution in [0.2, 0.25) is 0 Å². The van der Waals surface area contributed by atoms with Crippen molar-refractivity contribution in [3.63, 3.8) is 0 Å². The highest BCUT2D eigenvalue weighted by atomic mass is 32.1. The zero-order valence-electron chi connectivity index (χ0n) is 13.6. The third-order valence-electron chi connectivity index (χ3n) is 3.77. The second kappa shape index (κ2) is 8.22. The topological polar surface area (TPSA) is 41.1 Å². The summed E-state index contributed by atoms with van der Waals surface area (Å²) >= 11 is 5.16. The molecule has 0 fully saturated rings. The second-order valence-corrected chi connectivity index (χ2v) is 5.97. The highest BCUT2D eigenvalue weighted by Gasteiger charge is 2.02. The van der Waals surface area contributed by atoms with E-state index in [9.17, 15) is 4.79 Å². The molecular weight excluding hydrogens is 328 g/mol. The molecule has 124 valence electrons. The van der Waals surface area contributed by atoms with Gasteiger partial charge in [0.15, 0.2) is 5.11 Å². The lowest BCUT2D eigenvalue weighted by Crippen LogP contribution is -2.37. The number of benzene rings is 3. The fourth-order valence-electron chi connectivity index (χ4n) is 2.54. The zero-order valence-corrected chi connectivity index (χ0v) is 14.4. The first kappa shape index (κ1) is 16.9. The average molecular weight is 346 g/mol. The van der Waals surface area contributed by atoms with Gasteiger partial charge in [0.05, 0.1) is 0 Å². The Morgan fingerprint density at radius 3 is 2.48 bits per heavy atom. The van der Waals surface area contributed by atoms with E-state index in [0.717, 1.165) is 21.9 Å². The normalized spacial score (nSPS) is 10.7. The summed E-state index contributed by atoms with van der Waals surface area (Å²) in [5.74, 6) is -0.251. The monoisotopic (exact) mass is 346 g/mol. The van der Waals surface area contributed by atoms with Crippen LogP contribution in [-0.2, 0) is 11.3 Å². The molecule has 0 heterocycles. The Kier molecular flexibility index (Phi) is 5.54. The van der Waals surface area contributed by atoms with E-state index in [0.29, 0.717) is 11.7 Å². The van der Waals surface area contributed by atoms with E-state index in [2.05, 4.69) is 22.8 Å². The highest BCUT2D eigenvalue weighted by molar-refractivity contribution is 7.80. The van der Waals surface area contributed by atoms with Crippen LogP contribution < -0.4 is 10.6 Å². The fraction of sp³-hybridized carbons (Fsp3) is 0.0476. The predicted octanol–water partition coefficient (Wildman–Crippen LogP) is 4.04. The molecule has 1 amide bonds. The van der Waals surface area contributed by atoms with Gasteiger partial charge in [-0.1, -0.05) is 72.8 Å². The minimum atomic E-state index is -0.251. The lowest BCUT2D eigenvalue weighted by atomic mass is 10.0. The van der Waals surface area contributed by atoms with E-state index in [-0.39, 0.29) is 5.91 Å². The van der Waals surface area contributed by atoms with E-state index in [4.69, 9.17) is 12.2 Å². The molecule has 0 spiro atoms. The molecule has 3 rings (SSSR count). The lowest BCUT2D eigenvalue weighted by molar-refractivity contribution is -0.115. The van der Waals surface area contributed by atoms with E-state index >= 15 is 0 Å². The van der Waals surface area contributed by atoms with Crippen LogP contribution >= 0.6 is 12.2 Å². The molecule has 0 aliphatic heterocycles. The summed E-state index contributed by atoms with van der Waals surface area (Å²) < 4.78 is 0. The molecule has 0 atom stereocenters. The summed E-state index contributed by atoms with van der Waals surface area (Å²) in [5.41, 5.74) is 2.10. The molecule has 0 radical (unpaired) electrons. The number of thiocarbonyl (C=S) groups is 1. The first-order valence-electron chi connectivity index (χ1n) is 8.01. The Balaban J connectivity index is 1.58. The van der Waals surface area contributed by atoms with Gasteiger partial charge in [0, 0.05) is 12.6 Å². The van der Waals surface area contributed by atoms with Crippen molar-refractivity contribution in [2.75, 3.05) is 0 Å². The minimum Gasteiger partial charge on any atom is -0.358 e. The van der Waals surface area contributed by atoms with Crippen LogP contribution in [0.1, 0.15) is 11.1 Å². The Morgan fingerprint density at radius 2 is 1.64 bits per heavy atom. The van der Waals surface area contributed by atoms with Crippen molar-refractivity contribution in [2.24, 2.45) is 0 Å². The lowest BCUT2D eigenvalue weighted by Gasteiger charge is -2.08. The highest BCUT2D eigenvalue weighted by Crippen LogP contribution is 2.19. The summed E-state index contributed by atoms with van der Waals surface area (Å²) in [6.45, 7) is 0.576. The van der Waals surface area contributed by atoms with E-state index in [1.807, 2.05) is 60.7 Å². The maximum atomic E-state index is 12.0. The van der Waals surface area contributed by atoms with Gasteiger partial charge in [-0.25, -0.2) is 0 Å². The summed E-state index contributed by atoms with van der Waals surface area (Å²) in [5, 5.41) is 8.26. The van der Waals surface area contributed by atoms with Gasteiger partial charge in [-0.05, 0) is 40.2 Å². The van der Waals surface area contributed by atoms with Gasteiger partial charge in [0.25, 0.3) is 0 Å². The molecule has 2 N–H and O–H groups in total. The standard InChI is InChI=1S/C21H18N2OS/c24-20(23-21(25)22-15-16-7-2-1-3-8-16)14-13-18-11-6-10-17-9-4-5-12-19(17)18/h1-14H,15H2,(H2,22,23,24,25). The predicted molar refractivity (Wildman–Crippen MR) is 107 cm³/mol. The minimum absolute atomic E-state index is 0.251. The Bertz CT molecular complexity index is 914. The Morgan fingerprint density at radius 1 is 0.920 bits per heavy atom. The quantitative estimate of drug-likeness (QED) is 0.553. The molecule has 0 aliphatic carbocycles. The summed E-state index contributed by atoms with van der Waals surface area (Å²) in [6, 6.07) is 24.0. The fourth-order valence-corrected chi connectivity index (χ4v) is 2.71. The van der Waals surface area contributed by atoms with Gasteiger partial charge in [-0.2, -0.15) is 0 Å². The molecule has 0 unspecified atom stereocenters. The smallest absolute Gasteiger partial charge is 0.250 e. The third kappa shape index (κ3) is 4.75. The van der Waals surface area contributed by atoms with Crippen LogP contribution in [0.15, 0.2) is 78.9 Å². The number of amides is 1. The van der Waals surface area contributed by atoms with Crippen molar-refractivity contribution in [1.82, 2.24) is 10.6 Å². The summed E-state index contributed by atoms with van der Waals surface area (Å²) in [6.07, 6.45) is 3.30. The van der Waals surface area contributed by atoms with Crippen molar-refractivity contribution in [3.8, 4) is 0 Å². The number of hydrogen-bond donors (Lipinski definition) is 2. The second-order valence-electron chi connectivity index (χ2n) is 5.56. The molecule has 3 aromatic rings. The number of rotatable bonds is 4. The number of fused-ring (bicyclic) bond motifs is 1. The molecule has 0 saturated carbocycles. The van der Waals surface area contributed by atoms with Crippen molar-refractivity contribution in [1.29, 1.82) is 0 Å². The van der Waals surface area contributed by atoms with Crippen molar-refractivity contribution < 1.29 is 4.79 Å². The summed E-state index contributed by atoms with van der Waals surface area (Å²) in [4.78, 5) is 12.0. The third-order valence-corrected chi connectivity index (χ3v) is 4.02. The van der Waals surface area contributed by atoms with E-state index in [1.54, 1.807) is 6.08 Å². The average Bonchev–Trinajstić information content (AvgIpc) is 2.65. The van der Waals surface area contributed by atoms with Crippen LogP contribution in [0, 0.1) is 0 Å². The summed E-state index contributed by atoms with van der Waals surface area (Å²) in [7, 11) is 0. The molecule has 0 saturated heterocycles. The van der Waals surface area contributed by atoms with Crippen LogP contribution in [-0.4, -0.2) is 11.0 Å². The van der Waals surface area contributed by atoms with Crippen molar-refractivity contribution >= 4 is 40.1 Å². The van der Waals surface area contributed by atoms with Gasteiger partial charge in [-0.3, -0.25) is 10.1 Å². The van der Waals surface area contributed by atoms with Gasteiger partial charge in [-0.15, -0.1) is 0 Å². The van der Waals surface area contributed by atoms with Gasteiger partial charge < -0.3 is 5.32 Å². The molecule has 3 aromatic carbocycles. The van der Waals surface area contributed by atoms with Crippen LogP contribution in [0.5, 0.6) is 0 Å². The maximum Gasteiger partial charge on any atom is 0.250 e. The van der Waals surface area contributed by atoms with Crippen LogP contribution in [0.3, 0.4) is 0 Å². The molecule has 3 nitrogen and oxygen atoms in total. The first-order chi connectivity index (χ1) is 12.2. The van der Waals surface area contributed by atoms with E-state index < -0.39 is 0 Å². The van der Waals surface area contributed by atoms with Crippen molar-refractivity contribution in [2.45, 2.75) is 6.54 Å². The zero-order chi connectivity index (χ0) is 17.5. The van der Waals surface area contributed by atoms with Crippen LogP contribution in [0.4, 0.5) is 0 Å². The van der Waals surface area contributed by atoms with Gasteiger partial charge in [0.1, 0.15) is 0 Å². The molecule has 0 bridgehead atoms. The molecule has 4 heteroatoms. The molecule has 0 aliphatic rings. The van der Waals surface area contributed by atoms with Gasteiger partial charge >= 0.3 is 0 Å². The molecular formula is C21H18N2OS. The SMILES string of the molecule is O=C(C=Cc1cccc2ccccc12)NC(=S)NCc1ccccc1. The van der Waals surface area contributed by atoms with Crippen LogP contribution in [0.25, 0.3) is 16.8 Å². The first-order valence-corrected chi connectivity index (χ1v) is 8.42. The Labute approximate surface area is 152 Å². The van der Waals surface area contributed by atoms with Crippen molar-refractivity contribution in [3.05, 3.63) is 90.0 Å². The number of carbonyl (C=O) groups excluding carboxylic acids is 1. The van der Waals surface area contributed by atoms with E-state index in [1.165, 1.54) is 6.08 Å². The number of carbonyl (C=O) groups is 1. The molecule has 25 heavy (non-hydrogen) atoms. The maximum absolute atomic E-state index is 12.0. The number of hydrogen-bond acceptors (Lipinski definition) is 2. The molecule has 0 aromatic heterocycles. The van der Waals surface area contributed by atoms with Gasteiger partial charge in [0.2, 0.25) is 5.91 Å².